The minimum atomic E-state index is -1.28. The van der Waals surface area contributed by atoms with E-state index in [0.29, 0.717) is 6.07 Å². The van der Waals surface area contributed by atoms with Crippen LogP contribution < -0.4 is 5.56 Å². The number of hydrogen-bond acceptors (Lipinski definition) is 1. The van der Waals surface area contributed by atoms with Crippen LogP contribution in [0.5, 0.6) is 0 Å². The molecule has 0 atom stereocenters. The summed E-state index contributed by atoms with van der Waals surface area (Å²) in [4.78, 5) is 12.9. The van der Waals surface area contributed by atoms with Gasteiger partial charge in [-0.15, -0.1) is 0 Å². The molecule has 2 aromatic rings. The average Bonchev–Trinajstić information content (AvgIpc) is 2.14. The molecule has 0 amide bonds. The highest BCUT2D eigenvalue weighted by Gasteiger charge is 2.12. The van der Waals surface area contributed by atoms with Crippen LogP contribution in [0.15, 0.2) is 23.0 Å². The highest BCUT2D eigenvalue weighted by molar-refractivity contribution is 5.79. The van der Waals surface area contributed by atoms with Crippen molar-refractivity contribution in [3.63, 3.8) is 0 Å². The van der Waals surface area contributed by atoms with Gasteiger partial charge in [0.15, 0.2) is 11.6 Å². The highest BCUT2D eigenvalue weighted by atomic mass is 19.2. The first-order valence-electron chi connectivity index (χ1n) is 3.76. The Balaban J connectivity index is 3.02. The number of H-pyrrole nitrogens is 1. The van der Waals surface area contributed by atoms with Gasteiger partial charge in [0.25, 0.3) is 0 Å². The number of benzene rings is 1. The van der Waals surface area contributed by atoms with Crippen LogP contribution in [0, 0.1) is 17.5 Å². The smallest absolute Gasteiger partial charge is 0.248 e. The lowest BCUT2D eigenvalue weighted by molar-refractivity contribution is 0.505. The molecule has 0 aliphatic heterocycles. The number of hydrogen-bond donors (Lipinski definition) is 1. The summed E-state index contributed by atoms with van der Waals surface area (Å²) in [6, 6.07) is 2.44. The molecule has 2 nitrogen and oxygen atoms in total. The zero-order valence-electron chi connectivity index (χ0n) is 6.77. The SMILES string of the molecule is O=c1ccc2c(F)c(F)cc(F)c2[nH]1. The third-order valence-corrected chi connectivity index (χ3v) is 1.86. The first-order valence-corrected chi connectivity index (χ1v) is 3.76. The molecule has 1 N–H and O–H groups in total. The maximum Gasteiger partial charge on any atom is 0.248 e. The Labute approximate surface area is 76.0 Å². The fourth-order valence-corrected chi connectivity index (χ4v) is 1.22. The fraction of sp³-hybridized carbons (Fsp3) is 0. The predicted molar refractivity (Wildman–Crippen MR) is 44.4 cm³/mol. The molecule has 0 radical (unpaired) electrons. The van der Waals surface area contributed by atoms with E-state index in [1.807, 2.05) is 0 Å². The molecule has 0 spiro atoms. The van der Waals surface area contributed by atoms with E-state index >= 15 is 0 Å². The molecule has 14 heavy (non-hydrogen) atoms. The van der Waals surface area contributed by atoms with Gasteiger partial charge in [-0.25, -0.2) is 13.2 Å². The molecule has 0 aliphatic rings. The van der Waals surface area contributed by atoms with Crippen molar-refractivity contribution in [2.75, 3.05) is 0 Å². The van der Waals surface area contributed by atoms with E-state index in [1.165, 1.54) is 0 Å². The van der Waals surface area contributed by atoms with Gasteiger partial charge in [0.05, 0.1) is 5.52 Å². The average molecular weight is 199 g/mol. The van der Waals surface area contributed by atoms with E-state index in [2.05, 4.69) is 4.98 Å². The Kier molecular flexibility index (Phi) is 1.80. The molecule has 72 valence electrons. The summed E-state index contributed by atoms with van der Waals surface area (Å²) in [6.45, 7) is 0. The van der Waals surface area contributed by atoms with Crippen LogP contribution in [0.4, 0.5) is 13.2 Å². The van der Waals surface area contributed by atoms with Crippen molar-refractivity contribution in [2.45, 2.75) is 0 Å². The number of halogens is 3. The zero-order chi connectivity index (χ0) is 10.3. The summed E-state index contributed by atoms with van der Waals surface area (Å²) in [7, 11) is 0. The van der Waals surface area contributed by atoms with Crippen molar-refractivity contribution < 1.29 is 13.2 Å². The van der Waals surface area contributed by atoms with Crippen LogP contribution >= 0.6 is 0 Å². The second-order valence-electron chi connectivity index (χ2n) is 2.77. The summed E-state index contributed by atoms with van der Waals surface area (Å²) >= 11 is 0. The van der Waals surface area contributed by atoms with Gasteiger partial charge < -0.3 is 4.98 Å². The van der Waals surface area contributed by atoms with Crippen LogP contribution in [-0.4, -0.2) is 4.98 Å². The number of aromatic amines is 1. The largest absolute Gasteiger partial charge is 0.319 e. The van der Waals surface area contributed by atoms with Crippen molar-refractivity contribution in [3.05, 3.63) is 46.0 Å². The maximum atomic E-state index is 13.0. The van der Waals surface area contributed by atoms with Gasteiger partial charge in [0.2, 0.25) is 5.56 Å². The number of rotatable bonds is 0. The van der Waals surface area contributed by atoms with Gasteiger partial charge in [-0.05, 0) is 6.07 Å². The van der Waals surface area contributed by atoms with E-state index in [0.717, 1.165) is 12.1 Å². The van der Waals surface area contributed by atoms with Crippen LogP contribution in [0.25, 0.3) is 10.9 Å². The fourth-order valence-electron chi connectivity index (χ4n) is 1.22. The lowest BCUT2D eigenvalue weighted by Crippen LogP contribution is -2.05. The topological polar surface area (TPSA) is 32.9 Å². The van der Waals surface area contributed by atoms with Crippen LogP contribution in [0.2, 0.25) is 0 Å². The van der Waals surface area contributed by atoms with Crippen LogP contribution in [0.3, 0.4) is 0 Å². The van der Waals surface area contributed by atoms with E-state index in [-0.39, 0.29) is 10.9 Å². The van der Waals surface area contributed by atoms with E-state index < -0.39 is 23.0 Å². The molecule has 0 fully saturated rings. The number of aromatic nitrogens is 1. The molecule has 1 heterocycles. The molecule has 0 unspecified atom stereocenters. The minimum Gasteiger partial charge on any atom is -0.319 e. The van der Waals surface area contributed by atoms with Gasteiger partial charge >= 0.3 is 0 Å². The summed E-state index contributed by atoms with van der Waals surface area (Å²) in [5.41, 5.74) is -0.890. The Morgan fingerprint density at radius 2 is 1.79 bits per heavy atom. The van der Waals surface area contributed by atoms with E-state index in [1.54, 1.807) is 0 Å². The van der Waals surface area contributed by atoms with E-state index in [9.17, 15) is 18.0 Å². The Morgan fingerprint density at radius 3 is 2.50 bits per heavy atom. The van der Waals surface area contributed by atoms with Gasteiger partial charge in [0, 0.05) is 17.5 Å². The van der Waals surface area contributed by atoms with Crippen LogP contribution in [-0.2, 0) is 0 Å². The summed E-state index contributed by atoms with van der Waals surface area (Å²) in [5, 5.41) is -0.276. The molecule has 2 rings (SSSR count). The number of fused-ring (bicyclic) bond motifs is 1. The van der Waals surface area contributed by atoms with Crippen molar-refractivity contribution >= 4 is 10.9 Å². The first kappa shape index (κ1) is 8.80. The molecule has 0 saturated carbocycles. The molecule has 0 aliphatic carbocycles. The second-order valence-corrected chi connectivity index (χ2v) is 2.77. The Bertz CT molecular complexity index is 562. The summed E-state index contributed by atoms with van der Waals surface area (Å²) < 4.78 is 38.8. The summed E-state index contributed by atoms with van der Waals surface area (Å²) in [5.74, 6) is -3.43. The highest BCUT2D eigenvalue weighted by Crippen LogP contribution is 2.20. The quantitative estimate of drug-likeness (QED) is 0.646. The van der Waals surface area contributed by atoms with E-state index in [4.69, 9.17) is 0 Å². The number of nitrogens with one attached hydrogen (secondary N) is 1. The first-order chi connectivity index (χ1) is 6.59. The monoisotopic (exact) mass is 199 g/mol. The molecule has 5 heteroatoms. The Morgan fingerprint density at radius 1 is 1.07 bits per heavy atom. The lowest BCUT2D eigenvalue weighted by atomic mass is 10.2. The third-order valence-electron chi connectivity index (χ3n) is 1.86. The van der Waals surface area contributed by atoms with Gasteiger partial charge in [-0.1, -0.05) is 0 Å². The Hall–Kier alpha value is -1.78. The summed E-state index contributed by atoms with van der Waals surface area (Å²) in [6.07, 6.45) is 0. The standard InChI is InChI=1S/C9H4F3NO/c10-5-3-6(11)9-4(8(5)12)1-2-7(14)13-9/h1-3H,(H,13,14). The van der Waals surface area contributed by atoms with Gasteiger partial charge in [-0.3, -0.25) is 4.79 Å². The minimum absolute atomic E-state index is 0.276. The second kappa shape index (κ2) is 2.87. The predicted octanol–water partition coefficient (Wildman–Crippen LogP) is 1.95. The third kappa shape index (κ3) is 1.17. The van der Waals surface area contributed by atoms with Crippen LogP contribution in [0.1, 0.15) is 0 Å². The molecule has 0 saturated heterocycles. The van der Waals surface area contributed by atoms with Gasteiger partial charge in [-0.2, -0.15) is 0 Å². The molecule has 1 aromatic heterocycles. The number of pyridine rings is 1. The lowest BCUT2D eigenvalue weighted by Gasteiger charge is -2.00. The van der Waals surface area contributed by atoms with Crippen molar-refractivity contribution in [3.8, 4) is 0 Å². The van der Waals surface area contributed by atoms with Gasteiger partial charge in [0.1, 0.15) is 5.82 Å². The maximum absolute atomic E-state index is 13.0. The van der Waals surface area contributed by atoms with Crippen molar-refractivity contribution in [2.24, 2.45) is 0 Å². The molecular weight excluding hydrogens is 195 g/mol. The molecule has 1 aromatic carbocycles. The van der Waals surface area contributed by atoms with Crippen molar-refractivity contribution in [1.82, 2.24) is 4.98 Å². The molecule has 0 bridgehead atoms. The van der Waals surface area contributed by atoms with Crippen molar-refractivity contribution in [1.29, 1.82) is 0 Å². The zero-order valence-corrected chi connectivity index (χ0v) is 6.77. The normalized spacial score (nSPS) is 10.8. The molecular formula is C9H4F3NO.